The number of halogens is 2. The van der Waals surface area contributed by atoms with E-state index in [9.17, 15) is 10.1 Å². The van der Waals surface area contributed by atoms with E-state index in [0.29, 0.717) is 21.4 Å². The molecule has 3 rings (SSSR count). The van der Waals surface area contributed by atoms with Gasteiger partial charge in [-0.1, -0.05) is 42.8 Å². The first-order valence-electron chi connectivity index (χ1n) is 9.10. The first kappa shape index (κ1) is 22.8. The maximum atomic E-state index is 11.3. The number of benzene rings is 2. The summed E-state index contributed by atoms with van der Waals surface area (Å²) < 4.78 is 19.2. The molecule has 0 radical (unpaired) electrons. The Hall–Kier alpha value is -1.89. The molecule has 30 heavy (non-hydrogen) atoms. The highest BCUT2D eigenvalue weighted by Gasteiger charge is 2.42. The third kappa shape index (κ3) is 4.71. The molecule has 158 valence electrons. The van der Waals surface area contributed by atoms with Crippen LogP contribution >= 0.6 is 39.1 Å². The molecule has 1 heterocycles. The number of rotatable bonds is 5. The van der Waals surface area contributed by atoms with E-state index in [0.717, 1.165) is 10.2 Å². The molecule has 1 aromatic heterocycles. The quantitative estimate of drug-likeness (QED) is 0.182. The van der Waals surface area contributed by atoms with E-state index in [4.69, 9.17) is 13.7 Å². The Bertz CT molecular complexity index is 1150. The molecule has 0 bridgehead atoms. The van der Waals surface area contributed by atoms with Crippen molar-refractivity contribution in [2.75, 3.05) is 0 Å². The number of non-ortho nitro benzene ring substituents is 1. The fourth-order valence-corrected chi connectivity index (χ4v) is 6.58. The maximum absolute atomic E-state index is 11.3. The highest BCUT2D eigenvalue weighted by Crippen LogP contribution is 2.62. The van der Waals surface area contributed by atoms with Crippen molar-refractivity contribution < 1.29 is 13.9 Å². The first-order chi connectivity index (χ1) is 14.0. The summed E-state index contributed by atoms with van der Waals surface area (Å²) in [7, 11) is -2.87. The molecule has 0 aliphatic heterocycles. The van der Waals surface area contributed by atoms with Crippen molar-refractivity contribution in [2.45, 2.75) is 32.9 Å². The fourth-order valence-electron chi connectivity index (χ4n) is 2.84. The van der Waals surface area contributed by atoms with E-state index < -0.39 is 17.4 Å². The van der Waals surface area contributed by atoms with Crippen LogP contribution in [0.5, 0.6) is 5.75 Å². The molecule has 9 heteroatoms. The minimum atomic E-state index is -2.87. The summed E-state index contributed by atoms with van der Waals surface area (Å²) in [5.41, 5.74) is 1.02. The second-order valence-electron chi connectivity index (χ2n) is 7.67. The van der Waals surface area contributed by atoms with Crippen molar-refractivity contribution in [3.8, 4) is 5.75 Å². The van der Waals surface area contributed by atoms with Crippen LogP contribution in [0.3, 0.4) is 0 Å². The Balaban J connectivity index is 2.35. The summed E-state index contributed by atoms with van der Waals surface area (Å²) in [6.45, 7) is 7.96. The van der Waals surface area contributed by atoms with Crippen LogP contribution < -0.4 is 10.0 Å². The molecule has 1 atom stereocenters. The molecule has 6 nitrogen and oxygen atoms in total. The van der Waals surface area contributed by atoms with E-state index in [1.165, 1.54) is 12.1 Å². The highest BCUT2D eigenvalue weighted by atomic mass is 79.9. The number of furan rings is 1. The van der Waals surface area contributed by atoms with Crippen molar-refractivity contribution in [2.24, 2.45) is 4.74 Å². The highest BCUT2D eigenvalue weighted by molar-refractivity contribution is 9.10. The lowest BCUT2D eigenvalue weighted by atomic mass is 10.3. The van der Waals surface area contributed by atoms with Gasteiger partial charge < -0.3 is 8.94 Å². The summed E-state index contributed by atoms with van der Waals surface area (Å²) in [4.78, 5) is 10.9. The van der Waals surface area contributed by atoms with Crippen molar-refractivity contribution in [1.29, 1.82) is 0 Å². The molecular weight excluding hydrogens is 535 g/mol. The van der Waals surface area contributed by atoms with Gasteiger partial charge in [-0.15, -0.1) is 0 Å². The summed E-state index contributed by atoms with van der Waals surface area (Å²) in [5, 5.41) is 10.9. The maximum Gasteiger partial charge on any atom is 0.271 e. The standard InChI is InChI=1S/C21H21Br2N2O4P/c1-14-8-11-20(28-14)30(21(2,3)4,29-17-7-5-6-15(22)12-17)24-19-13-16(25(26)27)9-10-18(19)23/h5-13H,1-4H3/t30-/m0/s1. The van der Waals surface area contributed by atoms with Crippen molar-refractivity contribution in [3.05, 3.63) is 79.4 Å². The number of aryl methyl sites for hydroxylation is 1. The van der Waals surface area contributed by atoms with Gasteiger partial charge in [0.15, 0.2) is 5.50 Å². The van der Waals surface area contributed by atoms with Gasteiger partial charge in [0.1, 0.15) is 11.5 Å². The number of nitrogens with zero attached hydrogens (tertiary/aromatic N) is 2. The van der Waals surface area contributed by atoms with Crippen LogP contribution in [0, 0.1) is 17.0 Å². The van der Waals surface area contributed by atoms with Crippen molar-refractivity contribution >= 4 is 56.0 Å². The van der Waals surface area contributed by atoms with E-state index >= 15 is 0 Å². The lowest BCUT2D eigenvalue weighted by Crippen LogP contribution is -2.26. The Morgan fingerprint density at radius 3 is 2.40 bits per heavy atom. The Morgan fingerprint density at radius 1 is 1.10 bits per heavy atom. The third-order valence-corrected chi connectivity index (χ3v) is 9.15. The number of nitro benzene ring substituents is 1. The van der Waals surface area contributed by atoms with Crippen LogP contribution in [-0.4, -0.2) is 10.1 Å². The van der Waals surface area contributed by atoms with Gasteiger partial charge in [-0.05, 0) is 59.3 Å². The molecule has 0 unspecified atom stereocenters. The van der Waals surface area contributed by atoms with Crippen LogP contribution in [0.4, 0.5) is 11.4 Å². The normalized spacial score (nSPS) is 13.5. The zero-order valence-corrected chi connectivity index (χ0v) is 21.0. The number of hydrogen-bond acceptors (Lipinski definition) is 5. The summed E-state index contributed by atoms with van der Waals surface area (Å²) in [6, 6.07) is 15.8. The van der Waals surface area contributed by atoms with Gasteiger partial charge in [-0.3, -0.25) is 10.1 Å². The van der Waals surface area contributed by atoms with Crippen molar-refractivity contribution in [1.82, 2.24) is 0 Å². The van der Waals surface area contributed by atoms with Crippen LogP contribution in [0.1, 0.15) is 26.5 Å². The molecule has 2 aromatic carbocycles. The lowest BCUT2D eigenvalue weighted by molar-refractivity contribution is -0.384. The largest absolute Gasteiger partial charge is 0.457 e. The zero-order chi connectivity index (χ0) is 22.1. The molecule has 0 fully saturated rings. The Morgan fingerprint density at radius 2 is 1.83 bits per heavy atom. The van der Waals surface area contributed by atoms with Crippen LogP contribution in [0.15, 0.2) is 72.7 Å². The number of hydrogen-bond donors (Lipinski definition) is 0. The molecule has 0 spiro atoms. The SMILES string of the molecule is Cc1ccc([P@](=Nc2cc([N+](=O)[O-])ccc2Br)(Oc2cccc(Br)c2)C(C)(C)C)o1. The Kier molecular flexibility index (Phi) is 6.60. The average Bonchev–Trinajstić information content (AvgIpc) is 3.08. The summed E-state index contributed by atoms with van der Waals surface area (Å²) in [5.74, 6) is 1.37. The molecule has 0 amide bonds. The summed E-state index contributed by atoms with van der Waals surface area (Å²) >= 11 is 6.96. The fraction of sp³-hybridized carbons (Fsp3) is 0.238. The average molecular weight is 556 g/mol. The predicted molar refractivity (Wildman–Crippen MR) is 127 cm³/mol. The predicted octanol–water partition coefficient (Wildman–Crippen LogP) is 7.97. The monoisotopic (exact) mass is 554 g/mol. The molecular formula is C21H21Br2N2O4P. The molecule has 0 saturated heterocycles. The molecule has 0 aliphatic rings. The third-order valence-electron chi connectivity index (χ3n) is 4.36. The van der Waals surface area contributed by atoms with E-state index in [1.54, 1.807) is 6.07 Å². The minimum absolute atomic E-state index is 0.0398. The zero-order valence-electron chi connectivity index (χ0n) is 16.9. The molecule has 0 aliphatic carbocycles. The topological polar surface area (TPSA) is 77.9 Å². The van der Waals surface area contributed by atoms with Crippen LogP contribution in [-0.2, 0) is 0 Å². The van der Waals surface area contributed by atoms with Gasteiger partial charge in [0, 0.05) is 26.2 Å². The van der Waals surface area contributed by atoms with Gasteiger partial charge in [0.05, 0.1) is 10.6 Å². The van der Waals surface area contributed by atoms with Gasteiger partial charge in [-0.2, -0.15) is 0 Å². The van der Waals surface area contributed by atoms with Crippen LogP contribution in [0.25, 0.3) is 0 Å². The van der Waals surface area contributed by atoms with Crippen molar-refractivity contribution in [3.63, 3.8) is 0 Å². The van der Waals surface area contributed by atoms with Crippen LogP contribution in [0.2, 0.25) is 0 Å². The summed E-state index contributed by atoms with van der Waals surface area (Å²) in [6.07, 6.45) is 0. The minimum Gasteiger partial charge on any atom is -0.457 e. The van der Waals surface area contributed by atoms with Gasteiger partial charge in [0.2, 0.25) is 7.28 Å². The first-order valence-corrected chi connectivity index (χ1v) is 12.3. The van der Waals surface area contributed by atoms with Gasteiger partial charge >= 0.3 is 0 Å². The van der Waals surface area contributed by atoms with Gasteiger partial charge in [0.25, 0.3) is 5.69 Å². The second-order valence-corrected chi connectivity index (χ2v) is 12.8. The second kappa shape index (κ2) is 8.69. The smallest absolute Gasteiger partial charge is 0.271 e. The number of nitro groups is 1. The Labute approximate surface area is 192 Å². The molecule has 0 saturated carbocycles. The van der Waals surface area contributed by atoms with E-state index in [1.807, 2.05) is 64.1 Å². The molecule has 3 aromatic rings. The molecule has 0 N–H and O–H groups in total. The van der Waals surface area contributed by atoms with Gasteiger partial charge in [-0.25, -0.2) is 4.74 Å². The lowest BCUT2D eigenvalue weighted by Gasteiger charge is -2.35. The van der Waals surface area contributed by atoms with E-state index in [-0.39, 0.29) is 5.69 Å². The van der Waals surface area contributed by atoms with E-state index in [2.05, 4.69) is 31.9 Å².